The van der Waals surface area contributed by atoms with Crippen LogP contribution in [-0.2, 0) is 14.3 Å². The van der Waals surface area contributed by atoms with Gasteiger partial charge in [0, 0.05) is 11.8 Å². The third-order valence-corrected chi connectivity index (χ3v) is 4.24. The average Bonchev–Trinajstić information content (AvgIpc) is 2.72. The van der Waals surface area contributed by atoms with Gasteiger partial charge in [-0.3, -0.25) is 4.79 Å². The smallest absolute Gasteiger partial charge is 0.331 e. The maximum absolute atomic E-state index is 12.0. The molecule has 29 heavy (non-hydrogen) atoms. The van der Waals surface area contributed by atoms with Gasteiger partial charge in [-0.15, -0.1) is 0 Å². The second kappa shape index (κ2) is 10.2. The number of methoxy groups -OCH3 is 3. The summed E-state index contributed by atoms with van der Waals surface area (Å²) in [6, 6.07) is 8.96. The molecule has 0 atom stereocenters. The summed E-state index contributed by atoms with van der Waals surface area (Å²) in [5.74, 6) is 0.329. The second-order valence-electron chi connectivity index (χ2n) is 6.25. The largest absolute Gasteiger partial charge is 0.493 e. The fourth-order valence-corrected chi connectivity index (χ4v) is 2.56. The number of aryl methyl sites for hydroxylation is 2. The SMILES string of the molecule is COc1cc(C=CC(=O)OCC(=O)Nc2ccc(C)c(C)c2)cc(OC)c1OC. The van der Waals surface area contributed by atoms with Gasteiger partial charge < -0.3 is 24.3 Å². The Labute approximate surface area is 170 Å². The Morgan fingerprint density at radius 2 is 1.59 bits per heavy atom. The van der Waals surface area contributed by atoms with Crippen LogP contribution in [0.4, 0.5) is 5.69 Å². The van der Waals surface area contributed by atoms with E-state index >= 15 is 0 Å². The van der Waals surface area contributed by atoms with E-state index in [-0.39, 0.29) is 6.61 Å². The predicted octanol–water partition coefficient (Wildman–Crippen LogP) is 3.52. The first kappa shape index (κ1) is 21.8. The van der Waals surface area contributed by atoms with Gasteiger partial charge in [-0.25, -0.2) is 4.79 Å². The lowest BCUT2D eigenvalue weighted by Gasteiger charge is -2.12. The molecular weight excluding hydrogens is 374 g/mol. The van der Waals surface area contributed by atoms with E-state index in [2.05, 4.69) is 5.32 Å². The molecule has 7 nitrogen and oxygen atoms in total. The van der Waals surface area contributed by atoms with Crippen LogP contribution in [0.3, 0.4) is 0 Å². The Morgan fingerprint density at radius 1 is 0.931 bits per heavy atom. The lowest BCUT2D eigenvalue weighted by Crippen LogP contribution is -2.20. The quantitative estimate of drug-likeness (QED) is 0.540. The molecule has 0 aromatic heterocycles. The van der Waals surface area contributed by atoms with Crippen LogP contribution < -0.4 is 19.5 Å². The lowest BCUT2D eigenvalue weighted by atomic mass is 10.1. The fourth-order valence-electron chi connectivity index (χ4n) is 2.56. The number of benzene rings is 2. The van der Waals surface area contributed by atoms with Gasteiger partial charge in [0.05, 0.1) is 21.3 Å². The molecule has 0 spiro atoms. The highest BCUT2D eigenvalue weighted by Crippen LogP contribution is 2.38. The van der Waals surface area contributed by atoms with E-state index in [0.717, 1.165) is 11.1 Å². The first-order chi connectivity index (χ1) is 13.9. The zero-order chi connectivity index (χ0) is 21.4. The van der Waals surface area contributed by atoms with Gasteiger partial charge in [-0.1, -0.05) is 6.07 Å². The van der Waals surface area contributed by atoms with Crippen LogP contribution in [-0.4, -0.2) is 39.8 Å². The Bertz CT molecular complexity index is 895. The summed E-state index contributed by atoms with van der Waals surface area (Å²) in [6.07, 6.45) is 2.76. The number of nitrogens with one attached hydrogen (secondary N) is 1. The molecular formula is C22H25NO6. The number of hydrogen-bond donors (Lipinski definition) is 1. The van der Waals surface area contributed by atoms with Crippen molar-refractivity contribution in [1.82, 2.24) is 0 Å². The molecule has 0 aliphatic rings. The molecule has 0 radical (unpaired) electrons. The summed E-state index contributed by atoms with van der Waals surface area (Å²) >= 11 is 0. The molecule has 0 saturated carbocycles. The molecule has 2 rings (SSSR count). The number of amides is 1. The van der Waals surface area contributed by atoms with Crippen LogP contribution in [0, 0.1) is 13.8 Å². The van der Waals surface area contributed by atoms with Crippen LogP contribution >= 0.6 is 0 Å². The zero-order valence-electron chi connectivity index (χ0n) is 17.2. The monoisotopic (exact) mass is 399 g/mol. The molecule has 0 bridgehead atoms. The zero-order valence-corrected chi connectivity index (χ0v) is 17.2. The molecule has 1 amide bonds. The minimum atomic E-state index is -0.644. The fraction of sp³-hybridized carbons (Fsp3) is 0.273. The van der Waals surface area contributed by atoms with Crippen LogP contribution in [0.1, 0.15) is 16.7 Å². The maximum Gasteiger partial charge on any atom is 0.331 e. The third-order valence-electron chi connectivity index (χ3n) is 4.24. The number of hydrogen-bond acceptors (Lipinski definition) is 6. The summed E-state index contributed by atoms with van der Waals surface area (Å²) in [5, 5.41) is 2.69. The molecule has 2 aromatic carbocycles. The molecule has 0 heterocycles. The number of carbonyl (C=O) groups is 2. The molecule has 0 aliphatic carbocycles. The minimum Gasteiger partial charge on any atom is -0.493 e. The normalized spacial score (nSPS) is 10.5. The van der Waals surface area contributed by atoms with Gasteiger partial charge >= 0.3 is 5.97 Å². The van der Waals surface area contributed by atoms with E-state index in [9.17, 15) is 9.59 Å². The van der Waals surface area contributed by atoms with E-state index in [1.165, 1.54) is 33.5 Å². The molecule has 0 fully saturated rings. The van der Waals surface area contributed by atoms with E-state index in [1.54, 1.807) is 18.2 Å². The Morgan fingerprint density at radius 3 is 2.14 bits per heavy atom. The minimum absolute atomic E-state index is 0.384. The third kappa shape index (κ3) is 6.00. The lowest BCUT2D eigenvalue weighted by molar-refractivity contribution is -0.142. The van der Waals surface area contributed by atoms with Gasteiger partial charge in [0.25, 0.3) is 5.91 Å². The van der Waals surface area contributed by atoms with Crippen molar-refractivity contribution in [1.29, 1.82) is 0 Å². The first-order valence-corrected chi connectivity index (χ1v) is 8.90. The topological polar surface area (TPSA) is 83.1 Å². The van der Waals surface area contributed by atoms with Crippen molar-refractivity contribution in [2.45, 2.75) is 13.8 Å². The second-order valence-corrected chi connectivity index (χ2v) is 6.25. The van der Waals surface area contributed by atoms with Crippen LogP contribution in [0.2, 0.25) is 0 Å². The van der Waals surface area contributed by atoms with Gasteiger partial charge in [0.1, 0.15) is 0 Å². The van der Waals surface area contributed by atoms with Crippen molar-refractivity contribution in [2.75, 3.05) is 33.3 Å². The average molecular weight is 399 g/mol. The van der Waals surface area contributed by atoms with Crippen molar-refractivity contribution in [3.05, 3.63) is 53.1 Å². The van der Waals surface area contributed by atoms with Crippen LogP contribution in [0.25, 0.3) is 6.08 Å². The molecule has 2 aromatic rings. The first-order valence-electron chi connectivity index (χ1n) is 8.90. The van der Waals surface area contributed by atoms with E-state index < -0.39 is 11.9 Å². The number of ether oxygens (including phenoxy) is 4. The summed E-state index contributed by atoms with van der Waals surface area (Å²) < 4.78 is 20.8. The Balaban J connectivity index is 1.95. The highest BCUT2D eigenvalue weighted by atomic mass is 16.5. The maximum atomic E-state index is 12.0. The molecule has 7 heteroatoms. The van der Waals surface area contributed by atoms with Gasteiger partial charge in [0.15, 0.2) is 18.1 Å². The number of carbonyl (C=O) groups excluding carboxylic acids is 2. The molecule has 0 saturated heterocycles. The summed E-state index contributed by atoms with van der Waals surface area (Å²) in [6.45, 7) is 3.56. The summed E-state index contributed by atoms with van der Waals surface area (Å²) in [7, 11) is 4.52. The molecule has 0 aliphatic heterocycles. The number of anilines is 1. The Hall–Kier alpha value is -3.48. The van der Waals surface area contributed by atoms with Crippen molar-refractivity contribution in [3.8, 4) is 17.2 Å². The predicted molar refractivity (Wildman–Crippen MR) is 111 cm³/mol. The summed E-state index contributed by atoms with van der Waals surface area (Å²) in [4.78, 5) is 23.9. The number of rotatable bonds is 8. The standard InChI is InChI=1S/C22H25NO6/c1-14-6-8-17(10-15(14)2)23-20(24)13-29-21(25)9-7-16-11-18(26-3)22(28-5)19(12-16)27-4/h6-12H,13H2,1-5H3,(H,23,24). The highest BCUT2D eigenvalue weighted by Gasteiger charge is 2.12. The molecule has 154 valence electrons. The highest BCUT2D eigenvalue weighted by molar-refractivity contribution is 5.94. The number of esters is 1. The van der Waals surface area contributed by atoms with E-state index in [4.69, 9.17) is 18.9 Å². The van der Waals surface area contributed by atoms with Crippen molar-refractivity contribution >= 4 is 23.6 Å². The van der Waals surface area contributed by atoms with E-state index in [0.29, 0.717) is 28.5 Å². The summed E-state index contributed by atoms with van der Waals surface area (Å²) in [5.41, 5.74) is 3.50. The van der Waals surface area contributed by atoms with E-state index in [1.807, 2.05) is 26.0 Å². The van der Waals surface area contributed by atoms with Crippen molar-refractivity contribution in [3.63, 3.8) is 0 Å². The van der Waals surface area contributed by atoms with Crippen molar-refractivity contribution < 1.29 is 28.5 Å². The van der Waals surface area contributed by atoms with Gasteiger partial charge in [0.2, 0.25) is 5.75 Å². The van der Waals surface area contributed by atoms with Crippen LogP contribution in [0.15, 0.2) is 36.4 Å². The molecule has 1 N–H and O–H groups in total. The van der Waals surface area contributed by atoms with Gasteiger partial charge in [-0.2, -0.15) is 0 Å². The van der Waals surface area contributed by atoms with Crippen LogP contribution in [0.5, 0.6) is 17.2 Å². The van der Waals surface area contributed by atoms with Crippen molar-refractivity contribution in [2.24, 2.45) is 0 Å². The molecule has 0 unspecified atom stereocenters. The Kier molecular flexibility index (Phi) is 7.65. The van der Waals surface area contributed by atoms with Gasteiger partial charge in [-0.05, 0) is 60.9 Å².